The molecule has 1 aromatic rings. The lowest BCUT2D eigenvalue weighted by atomic mass is 10.1. The first kappa shape index (κ1) is 12.4. The summed E-state index contributed by atoms with van der Waals surface area (Å²) in [4.78, 5) is 0. The van der Waals surface area contributed by atoms with Crippen LogP contribution in [-0.2, 0) is 35.6 Å². The lowest BCUT2D eigenvalue weighted by molar-refractivity contribution is 0.343. The zero-order chi connectivity index (χ0) is 11.1. The maximum absolute atomic E-state index is 10.4. The third kappa shape index (κ3) is 5.11. The predicted octanol–water partition coefficient (Wildman–Crippen LogP) is 1.99. The smallest absolute Gasteiger partial charge is 0.118 e. The van der Waals surface area contributed by atoms with Gasteiger partial charge in [0.15, 0.2) is 0 Å². The Bertz CT molecular complexity index is 349. The van der Waals surface area contributed by atoms with E-state index in [0.717, 1.165) is 18.6 Å². The highest BCUT2D eigenvalue weighted by Gasteiger charge is 1.93. The molecule has 84 valence electrons. The van der Waals surface area contributed by atoms with Crippen molar-refractivity contribution < 1.29 is 13.1 Å². The van der Waals surface area contributed by atoms with Crippen LogP contribution >= 0.6 is 0 Å². The lowest BCUT2D eigenvalue weighted by Gasteiger charge is -2.05. The molecule has 0 amide bonds. The predicted molar refractivity (Wildman–Crippen MR) is 62.7 cm³/mol. The van der Waals surface area contributed by atoms with Crippen molar-refractivity contribution >= 4 is 20.8 Å². The topological polar surface area (TPSA) is 35.5 Å². The quantitative estimate of drug-likeness (QED) is 0.567. The summed E-state index contributed by atoms with van der Waals surface area (Å²) in [5.41, 5.74) is 1.20. The van der Waals surface area contributed by atoms with E-state index < -0.39 is 9.64 Å². The van der Waals surface area contributed by atoms with Crippen molar-refractivity contribution in [2.45, 2.75) is 12.8 Å². The van der Waals surface area contributed by atoms with Crippen molar-refractivity contribution in [1.29, 1.82) is 0 Å². The number of aryl methyl sites for hydroxylation is 1. The normalized spacial score (nSPS) is 10.5. The highest BCUT2D eigenvalue weighted by molar-refractivity contribution is 8.19. The summed E-state index contributed by atoms with van der Waals surface area (Å²) in [7, 11) is 0.0754. The average molecular weight is 245 g/mol. The number of hydrogen-bond donors (Lipinski definition) is 0. The van der Waals surface area contributed by atoms with Gasteiger partial charge in [0.05, 0.1) is 7.11 Å². The van der Waals surface area contributed by atoms with Crippen molar-refractivity contribution in [3.05, 3.63) is 29.8 Å². The summed E-state index contributed by atoms with van der Waals surface area (Å²) in [5.74, 6) is 0.849. The molecule has 0 atom stereocenters. The Morgan fingerprint density at radius 3 is 2.53 bits per heavy atom. The molecule has 0 aliphatic carbocycles. The first-order valence-electron chi connectivity index (χ1n) is 4.58. The molecule has 3 nitrogen and oxygen atoms in total. The van der Waals surface area contributed by atoms with Crippen LogP contribution in [0.15, 0.2) is 24.3 Å². The van der Waals surface area contributed by atoms with E-state index in [-0.39, 0.29) is 0 Å². The van der Waals surface area contributed by atoms with Gasteiger partial charge in [-0.2, -0.15) is 0 Å². The Kier molecular flexibility index (Phi) is 5.60. The van der Waals surface area contributed by atoms with Crippen molar-refractivity contribution in [2.75, 3.05) is 13.7 Å². The molecule has 0 bridgehead atoms. The van der Waals surface area contributed by atoms with Crippen LogP contribution in [0.2, 0.25) is 0 Å². The van der Waals surface area contributed by atoms with Gasteiger partial charge in [-0.1, -0.05) is 21.8 Å². The average Bonchev–Trinajstić information content (AvgIpc) is 2.25. The number of ether oxygens (including phenoxy) is 1. The zero-order valence-electron chi connectivity index (χ0n) is 8.47. The number of hydrogen-bond acceptors (Lipinski definition) is 5. The summed E-state index contributed by atoms with van der Waals surface area (Å²) in [6.07, 6.45) is 1.70. The number of benzene rings is 1. The second-order valence-electron chi connectivity index (χ2n) is 2.98. The van der Waals surface area contributed by atoms with Gasteiger partial charge in [-0.15, -0.1) is 0 Å². The monoisotopic (exact) mass is 245 g/mol. The fourth-order valence-corrected chi connectivity index (χ4v) is 1.65. The van der Waals surface area contributed by atoms with Gasteiger partial charge in [-0.3, -0.25) is 0 Å². The molecular formula is C10H13O3S2-. The minimum absolute atomic E-state index is 0.433. The molecule has 0 radical (unpaired) electrons. The summed E-state index contributed by atoms with van der Waals surface area (Å²) in [5, 5.41) is 0. The molecule has 15 heavy (non-hydrogen) atoms. The highest BCUT2D eigenvalue weighted by Crippen LogP contribution is 2.12. The van der Waals surface area contributed by atoms with E-state index in [2.05, 4.69) is 11.2 Å². The molecule has 0 N–H and O–H groups in total. The second-order valence-corrected chi connectivity index (χ2v) is 4.44. The maximum Gasteiger partial charge on any atom is 0.118 e. The van der Waals surface area contributed by atoms with Crippen LogP contribution in [0.25, 0.3) is 0 Å². The molecule has 0 aliphatic rings. The van der Waals surface area contributed by atoms with Gasteiger partial charge < -0.3 is 13.1 Å². The van der Waals surface area contributed by atoms with Crippen molar-refractivity contribution in [3.63, 3.8) is 0 Å². The summed E-state index contributed by atoms with van der Waals surface area (Å²) in [6.45, 7) is 0.433. The molecule has 0 saturated heterocycles. The van der Waals surface area contributed by atoms with Crippen molar-refractivity contribution in [1.82, 2.24) is 0 Å². The van der Waals surface area contributed by atoms with E-state index in [0.29, 0.717) is 6.61 Å². The minimum Gasteiger partial charge on any atom is -0.497 e. The Morgan fingerprint density at radius 1 is 1.33 bits per heavy atom. The van der Waals surface area contributed by atoms with Gasteiger partial charge in [0, 0.05) is 6.61 Å². The maximum atomic E-state index is 10.4. The van der Waals surface area contributed by atoms with Gasteiger partial charge >= 0.3 is 0 Å². The van der Waals surface area contributed by atoms with Gasteiger partial charge in [0.1, 0.15) is 5.75 Å². The minimum atomic E-state index is -1.57. The van der Waals surface area contributed by atoms with E-state index in [9.17, 15) is 4.21 Å². The highest BCUT2D eigenvalue weighted by atomic mass is 32.8. The molecule has 1 rings (SSSR count). The summed E-state index contributed by atoms with van der Waals surface area (Å²) < 4.78 is 20.2. The molecule has 0 heterocycles. The van der Waals surface area contributed by atoms with Crippen LogP contribution in [0, 0.1) is 0 Å². The van der Waals surface area contributed by atoms with E-state index in [4.69, 9.17) is 8.92 Å². The molecule has 5 heteroatoms. The van der Waals surface area contributed by atoms with Gasteiger partial charge in [0.2, 0.25) is 0 Å². The molecule has 0 aromatic heterocycles. The van der Waals surface area contributed by atoms with E-state index in [1.807, 2.05) is 24.3 Å². The molecule has 1 aromatic carbocycles. The second kappa shape index (κ2) is 6.76. The standard InChI is InChI=1S/C10H13O3S2/c1-12-10-6-4-9(5-7-10)3-2-8-13-15(11)14/h4-7H,2-3,8H2,1H3/q-1. The van der Waals surface area contributed by atoms with Gasteiger partial charge in [-0.05, 0) is 30.5 Å². The SMILES string of the molecule is COc1ccc(CCCO[S-](=O)=S)cc1. The van der Waals surface area contributed by atoms with Crippen LogP contribution in [-0.4, -0.2) is 13.7 Å². The van der Waals surface area contributed by atoms with E-state index >= 15 is 0 Å². The molecule has 0 saturated carbocycles. The first-order valence-corrected chi connectivity index (χ1v) is 6.58. The van der Waals surface area contributed by atoms with Crippen molar-refractivity contribution in [2.24, 2.45) is 0 Å². The molecule has 0 unspecified atom stereocenters. The zero-order valence-corrected chi connectivity index (χ0v) is 10.1. The molecule has 0 aliphatic heterocycles. The lowest BCUT2D eigenvalue weighted by Crippen LogP contribution is -1.94. The molecule has 0 fully saturated rings. The Hall–Kier alpha value is -0.650. The van der Waals surface area contributed by atoms with E-state index in [1.54, 1.807) is 7.11 Å². The fraction of sp³-hybridized carbons (Fsp3) is 0.400. The molecular weight excluding hydrogens is 232 g/mol. The van der Waals surface area contributed by atoms with Crippen LogP contribution in [0.4, 0.5) is 0 Å². The fourth-order valence-electron chi connectivity index (χ4n) is 1.20. The summed E-state index contributed by atoms with van der Waals surface area (Å²) in [6, 6.07) is 7.84. The summed E-state index contributed by atoms with van der Waals surface area (Å²) >= 11 is 4.38. The van der Waals surface area contributed by atoms with Gasteiger partial charge in [-0.25, -0.2) is 11.2 Å². The van der Waals surface area contributed by atoms with Crippen LogP contribution in [0.1, 0.15) is 12.0 Å². The first-order chi connectivity index (χ1) is 7.22. The Morgan fingerprint density at radius 2 is 2.00 bits per heavy atom. The Balaban J connectivity index is 2.31. The van der Waals surface area contributed by atoms with Crippen LogP contribution < -0.4 is 4.74 Å². The number of rotatable bonds is 6. The molecule has 0 spiro atoms. The third-order valence-corrected chi connectivity index (χ3v) is 2.60. The largest absolute Gasteiger partial charge is 0.497 e. The van der Waals surface area contributed by atoms with Gasteiger partial charge in [0.25, 0.3) is 0 Å². The van der Waals surface area contributed by atoms with Crippen molar-refractivity contribution in [3.8, 4) is 5.75 Å². The van der Waals surface area contributed by atoms with Crippen LogP contribution in [0.5, 0.6) is 5.75 Å². The van der Waals surface area contributed by atoms with Crippen LogP contribution in [0.3, 0.4) is 0 Å². The Labute approximate surface area is 96.3 Å². The van der Waals surface area contributed by atoms with E-state index in [1.165, 1.54) is 5.56 Å². The number of methoxy groups -OCH3 is 1. The third-order valence-electron chi connectivity index (χ3n) is 1.95.